The van der Waals surface area contributed by atoms with E-state index >= 15 is 0 Å². The molecule has 1 N–H and O–H groups in total. The quantitative estimate of drug-likeness (QED) is 0.650. The SMILES string of the molecule is COc1ccc(Cc2nc(C(=O)Nc3c(C)cc(C)cc3Cl)cs2)cc1. The van der Waals surface area contributed by atoms with E-state index in [9.17, 15) is 4.79 Å². The van der Waals surface area contributed by atoms with Crippen LogP contribution in [0.1, 0.15) is 32.2 Å². The number of anilines is 1. The van der Waals surface area contributed by atoms with E-state index in [4.69, 9.17) is 16.3 Å². The fourth-order valence-corrected chi connectivity index (χ4v) is 3.84. The molecule has 2 aromatic carbocycles. The molecule has 0 spiro atoms. The van der Waals surface area contributed by atoms with Crippen molar-refractivity contribution in [3.8, 4) is 5.75 Å². The molecule has 0 saturated heterocycles. The van der Waals surface area contributed by atoms with Crippen LogP contribution in [0.4, 0.5) is 5.69 Å². The number of carbonyl (C=O) groups excluding carboxylic acids is 1. The first-order valence-electron chi connectivity index (χ1n) is 8.11. The number of hydrogen-bond acceptors (Lipinski definition) is 4. The fraction of sp³-hybridized carbons (Fsp3) is 0.200. The molecule has 1 aromatic heterocycles. The van der Waals surface area contributed by atoms with Crippen LogP contribution in [0.3, 0.4) is 0 Å². The summed E-state index contributed by atoms with van der Waals surface area (Å²) in [6.07, 6.45) is 0.673. The number of benzene rings is 2. The molecule has 134 valence electrons. The summed E-state index contributed by atoms with van der Waals surface area (Å²) < 4.78 is 5.16. The molecule has 0 unspecified atom stereocenters. The lowest BCUT2D eigenvalue weighted by molar-refractivity contribution is 0.102. The number of amides is 1. The van der Waals surface area contributed by atoms with E-state index in [0.717, 1.165) is 27.4 Å². The predicted molar refractivity (Wildman–Crippen MR) is 107 cm³/mol. The maximum atomic E-state index is 12.5. The molecule has 1 heterocycles. The van der Waals surface area contributed by atoms with Gasteiger partial charge in [-0.3, -0.25) is 4.79 Å². The first-order chi connectivity index (χ1) is 12.5. The molecule has 0 aliphatic heterocycles. The first-order valence-corrected chi connectivity index (χ1v) is 9.37. The van der Waals surface area contributed by atoms with Gasteiger partial charge in [-0.05, 0) is 48.7 Å². The monoisotopic (exact) mass is 386 g/mol. The normalized spacial score (nSPS) is 10.6. The van der Waals surface area contributed by atoms with Crippen molar-refractivity contribution >= 4 is 34.5 Å². The van der Waals surface area contributed by atoms with E-state index in [1.165, 1.54) is 11.3 Å². The van der Waals surface area contributed by atoms with E-state index in [-0.39, 0.29) is 5.91 Å². The molecule has 0 fully saturated rings. The van der Waals surface area contributed by atoms with Crippen molar-refractivity contribution in [2.75, 3.05) is 12.4 Å². The van der Waals surface area contributed by atoms with Crippen LogP contribution >= 0.6 is 22.9 Å². The number of nitrogens with zero attached hydrogens (tertiary/aromatic N) is 1. The number of methoxy groups -OCH3 is 1. The van der Waals surface area contributed by atoms with Crippen LogP contribution in [0.5, 0.6) is 5.75 Å². The number of carbonyl (C=O) groups is 1. The standard InChI is InChI=1S/C20H19ClN2O2S/c1-12-8-13(2)19(16(21)9-12)23-20(24)17-11-26-18(22-17)10-14-4-6-15(25-3)7-5-14/h4-9,11H,10H2,1-3H3,(H,23,24). The van der Waals surface area contributed by atoms with Crippen molar-refractivity contribution in [3.05, 3.63) is 74.2 Å². The molecule has 1 amide bonds. The number of rotatable bonds is 5. The van der Waals surface area contributed by atoms with Gasteiger partial charge in [-0.25, -0.2) is 4.98 Å². The van der Waals surface area contributed by atoms with Gasteiger partial charge in [-0.15, -0.1) is 11.3 Å². The van der Waals surface area contributed by atoms with Gasteiger partial charge in [0.15, 0.2) is 0 Å². The Morgan fingerprint density at radius 3 is 2.62 bits per heavy atom. The van der Waals surface area contributed by atoms with E-state index in [1.54, 1.807) is 12.5 Å². The van der Waals surface area contributed by atoms with Crippen molar-refractivity contribution in [3.63, 3.8) is 0 Å². The van der Waals surface area contributed by atoms with Crippen molar-refractivity contribution < 1.29 is 9.53 Å². The second-order valence-electron chi connectivity index (χ2n) is 6.04. The molecular weight excluding hydrogens is 368 g/mol. The first kappa shape index (κ1) is 18.4. The second kappa shape index (κ2) is 7.89. The Balaban J connectivity index is 1.72. The number of halogens is 1. The van der Waals surface area contributed by atoms with Crippen LogP contribution < -0.4 is 10.1 Å². The van der Waals surface area contributed by atoms with E-state index < -0.39 is 0 Å². The topological polar surface area (TPSA) is 51.2 Å². The third kappa shape index (κ3) is 4.23. The van der Waals surface area contributed by atoms with Gasteiger partial charge in [0.05, 0.1) is 22.8 Å². The van der Waals surface area contributed by atoms with Crippen LogP contribution in [-0.2, 0) is 6.42 Å². The molecule has 0 saturated carbocycles. The van der Waals surface area contributed by atoms with Gasteiger partial charge >= 0.3 is 0 Å². The molecule has 0 bridgehead atoms. The minimum atomic E-state index is -0.254. The Kier molecular flexibility index (Phi) is 5.59. The molecule has 3 aromatic rings. The predicted octanol–water partition coefficient (Wildman–Crippen LogP) is 5.27. The summed E-state index contributed by atoms with van der Waals surface area (Å²) in [5.74, 6) is 0.564. The summed E-state index contributed by atoms with van der Waals surface area (Å²) in [6, 6.07) is 11.6. The van der Waals surface area contributed by atoms with Crippen LogP contribution in [0.15, 0.2) is 41.8 Å². The van der Waals surface area contributed by atoms with Crippen LogP contribution in [0.2, 0.25) is 5.02 Å². The summed E-state index contributed by atoms with van der Waals surface area (Å²) in [6.45, 7) is 3.89. The molecular formula is C20H19ClN2O2S. The minimum absolute atomic E-state index is 0.254. The molecule has 4 nitrogen and oxygen atoms in total. The number of ether oxygens (including phenoxy) is 1. The fourth-order valence-electron chi connectivity index (χ4n) is 2.67. The Hall–Kier alpha value is -2.37. The van der Waals surface area contributed by atoms with Crippen molar-refractivity contribution in [1.29, 1.82) is 0 Å². The largest absolute Gasteiger partial charge is 0.497 e. The average molecular weight is 387 g/mol. The number of nitrogens with one attached hydrogen (secondary N) is 1. The third-order valence-corrected chi connectivity index (χ3v) is 5.12. The Morgan fingerprint density at radius 1 is 1.23 bits per heavy atom. The molecule has 0 atom stereocenters. The lowest BCUT2D eigenvalue weighted by Crippen LogP contribution is -2.14. The second-order valence-corrected chi connectivity index (χ2v) is 7.39. The van der Waals surface area contributed by atoms with Gasteiger partial charge in [0.2, 0.25) is 0 Å². The smallest absolute Gasteiger partial charge is 0.275 e. The maximum Gasteiger partial charge on any atom is 0.275 e. The lowest BCUT2D eigenvalue weighted by atomic mass is 10.1. The summed E-state index contributed by atoms with van der Waals surface area (Å²) in [5.41, 5.74) is 4.13. The van der Waals surface area contributed by atoms with E-state index in [1.807, 2.05) is 50.2 Å². The Morgan fingerprint density at radius 2 is 1.96 bits per heavy atom. The number of aryl methyl sites for hydroxylation is 2. The van der Waals surface area contributed by atoms with E-state index in [0.29, 0.717) is 22.8 Å². The molecule has 26 heavy (non-hydrogen) atoms. The third-order valence-electron chi connectivity index (χ3n) is 3.97. The summed E-state index contributed by atoms with van der Waals surface area (Å²) in [4.78, 5) is 17.0. The van der Waals surface area contributed by atoms with Gasteiger partial charge < -0.3 is 10.1 Å². The van der Waals surface area contributed by atoms with Crippen molar-refractivity contribution in [2.45, 2.75) is 20.3 Å². The molecule has 3 rings (SSSR count). The molecule has 0 aliphatic carbocycles. The average Bonchev–Trinajstić information content (AvgIpc) is 3.07. The van der Waals surface area contributed by atoms with Crippen molar-refractivity contribution in [2.24, 2.45) is 0 Å². The number of thiazole rings is 1. The highest BCUT2D eigenvalue weighted by atomic mass is 35.5. The van der Waals surface area contributed by atoms with Crippen LogP contribution in [-0.4, -0.2) is 18.0 Å². The van der Waals surface area contributed by atoms with Crippen molar-refractivity contribution in [1.82, 2.24) is 4.98 Å². The Bertz CT molecular complexity index is 912. The van der Waals surface area contributed by atoms with Crippen LogP contribution in [0, 0.1) is 13.8 Å². The lowest BCUT2D eigenvalue weighted by Gasteiger charge is -2.10. The van der Waals surface area contributed by atoms with Gasteiger partial charge in [-0.2, -0.15) is 0 Å². The molecule has 6 heteroatoms. The van der Waals surface area contributed by atoms with Gasteiger partial charge in [0.1, 0.15) is 11.4 Å². The zero-order chi connectivity index (χ0) is 18.7. The number of aromatic nitrogens is 1. The zero-order valence-electron chi connectivity index (χ0n) is 14.8. The summed E-state index contributed by atoms with van der Waals surface area (Å²) >= 11 is 7.73. The summed E-state index contributed by atoms with van der Waals surface area (Å²) in [7, 11) is 1.64. The highest BCUT2D eigenvalue weighted by molar-refractivity contribution is 7.09. The summed E-state index contributed by atoms with van der Waals surface area (Å²) in [5, 5.41) is 6.05. The Labute approximate surface area is 161 Å². The van der Waals surface area contributed by atoms with Gasteiger partial charge in [0, 0.05) is 11.8 Å². The highest BCUT2D eigenvalue weighted by Gasteiger charge is 2.14. The molecule has 0 aliphatic rings. The van der Waals surface area contributed by atoms with E-state index in [2.05, 4.69) is 10.3 Å². The highest BCUT2D eigenvalue weighted by Crippen LogP contribution is 2.28. The van der Waals surface area contributed by atoms with Gasteiger partial charge in [-0.1, -0.05) is 29.8 Å². The van der Waals surface area contributed by atoms with Gasteiger partial charge in [0.25, 0.3) is 5.91 Å². The number of hydrogen-bond donors (Lipinski definition) is 1. The minimum Gasteiger partial charge on any atom is -0.497 e. The molecule has 0 radical (unpaired) electrons. The van der Waals surface area contributed by atoms with Crippen LogP contribution in [0.25, 0.3) is 0 Å². The zero-order valence-corrected chi connectivity index (χ0v) is 16.4. The maximum absolute atomic E-state index is 12.5.